The van der Waals surface area contributed by atoms with Gasteiger partial charge >= 0.3 is 0 Å². The SMILES string of the molecule is Cc1c(F)ccc(C(O)C(Cl)Cl)c1F. The highest BCUT2D eigenvalue weighted by Crippen LogP contribution is 2.28. The summed E-state index contributed by atoms with van der Waals surface area (Å²) in [5, 5.41) is 9.37. The lowest BCUT2D eigenvalue weighted by molar-refractivity contribution is 0.187. The minimum absolute atomic E-state index is 0.0982. The number of hydrogen-bond donors (Lipinski definition) is 1. The third-order valence-corrected chi connectivity index (χ3v) is 2.38. The van der Waals surface area contributed by atoms with Gasteiger partial charge in [0.1, 0.15) is 22.6 Å². The summed E-state index contributed by atoms with van der Waals surface area (Å²) in [5.74, 6) is -1.48. The van der Waals surface area contributed by atoms with Crippen LogP contribution in [-0.2, 0) is 0 Å². The molecule has 0 radical (unpaired) electrons. The van der Waals surface area contributed by atoms with Crippen molar-refractivity contribution < 1.29 is 13.9 Å². The Balaban J connectivity index is 3.17. The highest BCUT2D eigenvalue weighted by atomic mass is 35.5. The summed E-state index contributed by atoms with van der Waals surface area (Å²) in [7, 11) is 0. The maximum absolute atomic E-state index is 13.4. The van der Waals surface area contributed by atoms with Gasteiger partial charge in [-0.3, -0.25) is 0 Å². The molecule has 0 aromatic heterocycles. The van der Waals surface area contributed by atoms with Crippen molar-refractivity contribution >= 4 is 23.2 Å². The van der Waals surface area contributed by atoms with Crippen LogP contribution >= 0.6 is 23.2 Å². The molecule has 0 saturated carbocycles. The lowest BCUT2D eigenvalue weighted by Crippen LogP contribution is -2.09. The first-order valence-electron chi connectivity index (χ1n) is 3.86. The number of benzene rings is 1. The largest absolute Gasteiger partial charge is 0.385 e. The van der Waals surface area contributed by atoms with E-state index in [1.54, 1.807) is 0 Å². The second kappa shape index (κ2) is 4.43. The molecule has 78 valence electrons. The summed E-state index contributed by atoms with van der Waals surface area (Å²) in [5.41, 5.74) is -0.255. The van der Waals surface area contributed by atoms with Gasteiger partial charge in [0.25, 0.3) is 0 Å². The minimum Gasteiger partial charge on any atom is -0.385 e. The molecule has 0 bridgehead atoms. The summed E-state index contributed by atoms with van der Waals surface area (Å²) in [6.07, 6.45) is -1.35. The summed E-state index contributed by atoms with van der Waals surface area (Å²) in [4.78, 5) is -1.14. The van der Waals surface area contributed by atoms with Gasteiger partial charge in [-0.2, -0.15) is 0 Å². The third-order valence-electron chi connectivity index (χ3n) is 1.91. The Kier molecular flexibility index (Phi) is 3.70. The number of alkyl halides is 2. The third kappa shape index (κ3) is 2.16. The number of rotatable bonds is 2. The molecule has 1 nitrogen and oxygen atoms in total. The van der Waals surface area contributed by atoms with Crippen molar-refractivity contribution in [1.29, 1.82) is 0 Å². The van der Waals surface area contributed by atoms with E-state index in [4.69, 9.17) is 23.2 Å². The van der Waals surface area contributed by atoms with Gasteiger partial charge in [-0.25, -0.2) is 8.78 Å². The van der Waals surface area contributed by atoms with Crippen LogP contribution in [0.4, 0.5) is 8.78 Å². The topological polar surface area (TPSA) is 20.2 Å². The lowest BCUT2D eigenvalue weighted by Gasteiger charge is -2.13. The van der Waals surface area contributed by atoms with Crippen molar-refractivity contribution in [2.24, 2.45) is 0 Å². The molecule has 0 heterocycles. The van der Waals surface area contributed by atoms with Crippen LogP contribution in [0, 0.1) is 18.6 Å². The van der Waals surface area contributed by atoms with Crippen molar-refractivity contribution in [2.45, 2.75) is 17.9 Å². The smallest absolute Gasteiger partial charge is 0.137 e. The first-order valence-corrected chi connectivity index (χ1v) is 4.73. The van der Waals surface area contributed by atoms with E-state index < -0.39 is 22.6 Å². The van der Waals surface area contributed by atoms with Crippen LogP contribution in [0.1, 0.15) is 17.2 Å². The Hall–Kier alpha value is -0.380. The van der Waals surface area contributed by atoms with E-state index in [0.29, 0.717) is 0 Å². The zero-order chi connectivity index (χ0) is 10.9. The van der Waals surface area contributed by atoms with E-state index in [2.05, 4.69) is 0 Å². The first kappa shape index (κ1) is 11.7. The van der Waals surface area contributed by atoms with Gasteiger partial charge in [-0.1, -0.05) is 6.07 Å². The quantitative estimate of drug-likeness (QED) is 0.788. The molecule has 0 aliphatic carbocycles. The van der Waals surface area contributed by atoms with Gasteiger partial charge < -0.3 is 5.11 Å². The number of halogens is 4. The van der Waals surface area contributed by atoms with Crippen LogP contribution in [0.3, 0.4) is 0 Å². The Labute approximate surface area is 90.3 Å². The Morgan fingerprint density at radius 2 is 1.86 bits per heavy atom. The van der Waals surface area contributed by atoms with Gasteiger partial charge in [0.15, 0.2) is 0 Å². The molecule has 1 aromatic carbocycles. The van der Waals surface area contributed by atoms with Gasteiger partial charge in [0, 0.05) is 11.1 Å². The predicted octanol–water partition coefficient (Wildman–Crippen LogP) is 3.11. The van der Waals surface area contributed by atoms with Crippen molar-refractivity contribution in [3.05, 3.63) is 34.9 Å². The number of aliphatic hydroxyl groups excluding tert-OH is 1. The highest BCUT2D eigenvalue weighted by molar-refractivity contribution is 6.44. The highest BCUT2D eigenvalue weighted by Gasteiger charge is 2.21. The van der Waals surface area contributed by atoms with E-state index >= 15 is 0 Å². The van der Waals surface area contributed by atoms with E-state index in [1.807, 2.05) is 0 Å². The average molecular weight is 241 g/mol. The van der Waals surface area contributed by atoms with Crippen molar-refractivity contribution in [1.82, 2.24) is 0 Å². The molecular formula is C9H8Cl2F2O. The molecule has 1 aromatic rings. The van der Waals surface area contributed by atoms with Gasteiger partial charge in [0.2, 0.25) is 0 Å². The van der Waals surface area contributed by atoms with Crippen LogP contribution in [0.25, 0.3) is 0 Å². The molecule has 1 atom stereocenters. The Morgan fingerprint density at radius 3 is 2.36 bits per heavy atom. The van der Waals surface area contributed by atoms with E-state index in [9.17, 15) is 13.9 Å². The molecule has 0 amide bonds. The Bertz CT molecular complexity index is 342. The maximum Gasteiger partial charge on any atom is 0.137 e. The molecule has 5 heteroatoms. The number of aliphatic hydroxyl groups is 1. The second-order valence-corrected chi connectivity index (χ2v) is 4.02. The van der Waals surface area contributed by atoms with E-state index in [0.717, 1.165) is 12.1 Å². The molecule has 0 aliphatic rings. The zero-order valence-corrected chi connectivity index (χ0v) is 8.78. The normalized spacial score (nSPS) is 13.4. The molecule has 0 saturated heterocycles. The van der Waals surface area contributed by atoms with Crippen LogP contribution in [0.15, 0.2) is 12.1 Å². The first-order chi connectivity index (χ1) is 6.45. The zero-order valence-electron chi connectivity index (χ0n) is 7.27. The van der Waals surface area contributed by atoms with Crippen molar-refractivity contribution in [2.75, 3.05) is 0 Å². The van der Waals surface area contributed by atoms with E-state index in [-0.39, 0.29) is 11.1 Å². The molecule has 0 aliphatic heterocycles. The van der Waals surface area contributed by atoms with Crippen LogP contribution in [-0.4, -0.2) is 9.94 Å². The van der Waals surface area contributed by atoms with Crippen LogP contribution in [0.2, 0.25) is 0 Å². The monoisotopic (exact) mass is 240 g/mol. The minimum atomic E-state index is -1.35. The molecule has 0 fully saturated rings. The lowest BCUT2D eigenvalue weighted by atomic mass is 10.1. The molecule has 14 heavy (non-hydrogen) atoms. The molecule has 1 N–H and O–H groups in total. The average Bonchev–Trinajstić information content (AvgIpc) is 2.13. The Morgan fingerprint density at radius 1 is 1.29 bits per heavy atom. The molecule has 0 spiro atoms. The predicted molar refractivity (Wildman–Crippen MR) is 51.5 cm³/mol. The summed E-state index contributed by atoms with van der Waals surface area (Å²) < 4.78 is 26.2. The molecular weight excluding hydrogens is 233 g/mol. The fourth-order valence-electron chi connectivity index (χ4n) is 1.05. The van der Waals surface area contributed by atoms with Gasteiger partial charge in [0.05, 0.1) is 0 Å². The second-order valence-electron chi connectivity index (χ2n) is 2.85. The number of hydrogen-bond acceptors (Lipinski definition) is 1. The summed E-state index contributed by atoms with van der Waals surface area (Å²) in [6.45, 7) is 1.28. The van der Waals surface area contributed by atoms with Gasteiger partial charge in [-0.15, -0.1) is 23.2 Å². The summed E-state index contributed by atoms with van der Waals surface area (Å²) in [6, 6.07) is 2.19. The standard InChI is InChI=1S/C9H8Cl2F2O/c1-4-6(12)3-2-5(7(4)13)8(14)9(10)11/h2-3,8-9,14H,1H3. The molecule has 1 unspecified atom stereocenters. The van der Waals surface area contributed by atoms with E-state index in [1.165, 1.54) is 6.92 Å². The van der Waals surface area contributed by atoms with Crippen LogP contribution in [0.5, 0.6) is 0 Å². The van der Waals surface area contributed by atoms with Crippen LogP contribution < -0.4 is 0 Å². The van der Waals surface area contributed by atoms with Crippen molar-refractivity contribution in [3.63, 3.8) is 0 Å². The fourth-order valence-corrected chi connectivity index (χ4v) is 1.32. The van der Waals surface area contributed by atoms with Crippen molar-refractivity contribution in [3.8, 4) is 0 Å². The van der Waals surface area contributed by atoms with Gasteiger partial charge in [-0.05, 0) is 13.0 Å². The molecule has 1 rings (SSSR count). The summed E-state index contributed by atoms with van der Waals surface area (Å²) >= 11 is 10.8. The fraction of sp³-hybridized carbons (Fsp3) is 0.333. The maximum atomic E-state index is 13.4.